The highest BCUT2D eigenvalue weighted by Gasteiger charge is 2.15. The highest BCUT2D eigenvalue weighted by molar-refractivity contribution is 8.00. The fourth-order valence-corrected chi connectivity index (χ4v) is 5.81. The summed E-state index contributed by atoms with van der Waals surface area (Å²) < 4.78 is 0. The SMILES string of the molecule is CCCCCCCCSc1cc(CC)c(O)c(SCCCCCCCC)c1C. The van der Waals surface area contributed by atoms with Gasteiger partial charge in [-0.2, -0.15) is 0 Å². The van der Waals surface area contributed by atoms with Gasteiger partial charge < -0.3 is 5.11 Å². The lowest BCUT2D eigenvalue weighted by atomic mass is 10.1. The van der Waals surface area contributed by atoms with E-state index in [0.717, 1.165) is 22.6 Å². The maximum absolute atomic E-state index is 10.7. The summed E-state index contributed by atoms with van der Waals surface area (Å²) in [5.41, 5.74) is 2.41. The van der Waals surface area contributed by atoms with Crippen molar-refractivity contribution in [1.29, 1.82) is 0 Å². The van der Waals surface area contributed by atoms with Crippen molar-refractivity contribution in [3.8, 4) is 5.75 Å². The van der Waals surface area contributed by atoms with E-state index in [1.165, 1.54) is 93.3 Å². The highest BCUT2D eigenvalue weighted by atomic mass is 32.2. The quantitative estimate of drug-likeness (QED) is 0.199. The minimum absolute atomic E-state index is 0.542. The van der Waals surface area contributed by atoms with Crippen molar-refractivity contribution in [3.05, 3.63) is 17.2 Å². The van der Waals surface area contributed by atoms with Gasteiger partial charge in [-0.3, -0.25) is 0 Å². The average molecular weight is 425 g/mol. The molecule has 0 aliphatic heterocycles. The Bertz CT molecular complexity index is 528. The van der Waals surface area contributed by atoms with Crippen LogP contribution in [0.4, 0.5) is 0 Å². The molecule has 162 valence electrons. The van der Waals surface area contributed by atoms with Crippen molar-refractivity contribution in [1.82, 2.24) is 0 Å². The second-order valence-electron chi connectivity index (χ2n) is 7.92. The van der Waals surface area contributed by atoms with Crippen LogP contribution < -0.4 is 0 Å². The molecule has 0 spiro atoms. The lowest BCUT2D eigenvalue weighted by Crippen LogP contribution is -1.94. The summed E-state index contributed by atoms with van der Waals surface area (Å²) >= 11 is 3.86. The lowest BCUT2D eigenvalue weighted by Gasteiger charge is -2.16. The van der Waals surface area contributed by atoms with E-state index in [1.54, 1.807) is 0 Å². The molecule has 0 fully saturated rings. The Hall–Kier alpha value is -0.280. The molecule has 1 rings (SSSR count). The second-order valence-corrected chi connectivity index (χ2v) is 10.2. The van der Waals surface area contributed by atoms with Gasteiger partial charge in [-0.15, -0.1) is 23.5 Å². The number of benzene rings is 1. The topological polar surface area (TPSA) is 20.2 Å². The standard InChI is InChI=1S/C25H44OS2/c1-5-8-10-12-14-16-18-27-23-20-22(7-3)24(26)25(21(23)4)28-19-17-15-13-11-9-6-2/h20,26H,5-19H2,1-4H3. The summed E-state index contributed by atoms with van der Waals surface area (Å²) in [6, 6.07) is 2.24. The Morgan fingerprint density at radius 3 is 1.75 bits per heavy atom. The minimum atomic E-state index is 0.542. The van der Waals surface area contributed by atoms with Crippen LogP contribution in [0.25, 0.3) is 0 Å². The van der Waals surface area contributed by atoms with Crippen molar-refractivity contribution in [2.45, 2.75) is 121 Å². The van der Waals surface area contributed by atoms with E-state index in [2.05, 4.69) is 33.8 Å². The predicted molar refractivity (Wildman–Crippen MR) is 130 cm³/mol. The first-order valence-corrected chi connectivity index (χ1v) is 13.7. The summed E-state index contributed by atoms with van der Waals surface area (Å²) in [5, 5.41) is 10.7. The van der Waals surface area contributed by atoms with Gasteiger partial charge in [0.2, 0.25) is 0 Å². The van der Waals surface area contributed by atoms with Crippen LogP contribution in [0.3, 0.4) is 0 Å². The third-order valence-electron chi connectivity index (χ3n) is 5.42. The summed E-state index contributed by atoms with van der Waals surface area (Å²) in [6.45, 7) is 8.89. The highest BCUT2D eigenvalue weighted by Crippen LogP contribution is 2.41. The Balaban J connectivity index is 2.53. The monoisotopic (exact) mass is 424 g/mol. The van der Waals surface area contributed by atoms with E-state index in [-0.39, 0.29) is 0 Å². The largest absolute Gasteiger partial charge is 0.506 e. The predicted octanol–water partition coefficient (Wildman–Crippen LogP) is 9.17. The number of thioether (sulfide) groups is 2. The van der Waals surface area contributed by atoms with Gasteiger partial charge in [-0.25, -0.2) is 0 Å². The maximum atomic E-state index is 10.7. The first-order valence-electron chi connectivity index (χ1n) is 11.8. The van der Waals surface area contributed by atoms with Crippen molar-refractivity contribution in [2.24, 2.45) is 0 Å². The van der Waals surface area contributed by atoms with E-state index < -0.39 is 0 Å². The van der Waals surface area contributed by atoms with Gasteiger partial charge in [-0.05, 0) is 54.9 Å². The molecule has 0 saturated heterocycles. The van der Waals surface area contributed by atoms with Crippen LogP contribution >= 0.6 is 23.5 Å². The summed E-state index contributed by atoms with van der Waals surface area (Å²) in [6.07, 6.45) is 17.0. The molecular formula is C25H44OS2. The lowest BCUT2D eigenvalue weighted by molar-refractivity contribution is 0.454. The Morgan fingerprint density at radius 1 is 0.714 bits per heavy atom. The van der Waals surface area contributed by atoms with Crippen molar-refractivity contribution >= 4 is 23.5 Å². The third-order valence-corrected chi connectivity index (χ3v) is 7.92. The minimum Gasteiger partial charge on any atom is -0.506 e. The molecule has 0 radical (unpaired) electrons. The molecule has 0 unspecified atom stereocenters. The Morgan fingerprint density at radius 2 is 1.21 bits per heavy atom. The van der Waals surface area contributed by atoms with Crippen LogP contribution in [-0.2, 0) is 6.42 Å². The number of unbranched alkanes of at least 4 members (excludes halogenated alkanes) is 10. The zero-order valence-corrected chi connectivity index (χ0v) is 20.6. The normalized spacial score (nSPS) is 11.3. The molecule has 0 aromatic heterocycles. The van der Waals surface area contributed by atoms with Gasteiger partial charge in [0.05, 0.1) is 4.90 Å². The van der Waals surface area contributed by atoms with Crippen LogP contribution in [0, 0.1) is 6.92 Å². The van der Waals surface area contributed by atoms with Crippen LogP contribution in [0.5, 0.6) is 5.75 Å². The van der Waals surface area contributed by atoms with E-state index in [9.17, 15) is 5.11 Å². The zero-order chi connectivity index (χ0) is 20.6. The fourth-order valence-electron chi connectivity index (χ4n) is 3.49. The van der Waals surface area contributed by atoms with Gasteiger partial charge in [0.1, 0.15) is 5.75 Å². The molecule has 0 aliphatic rings. The number of phenolic OH excluding ortho intramolecular Hbond substituents is 1. The van der Waals surface area contributed by atoms with E-state index >= 15 is 0 Å². The molecule has 0 aliphatic carbocycles. The molecule has 1 nitrogen and oxygen atoms in total. The molecule has 28 heavy (non-hydrogen) atoms. The molecular weight excluding hydrogens is 380 g/mol. The maximum Gasteiger partial charge on any atom is 0.132 e. The molecule has 3 heteroatoms. The molecule has 1 aromatic rings. The van der Waals surface area contributed by atoms with Crippen LogP contribution in [0.1, 0.15) is 109 Å². The molecule has 0 heterocycles. The summed E-state index contributed by atoms with van der Waals surface area (Å²) in [7, 11) is 0. The molecule has 0 bridgehead atoms. The third kappa shape index (κ3) is 9.96. The Kier molecular flexibility index (Phi) is 15.2. The number of aromatic hydroxyl groups is 1. The van der Waals surface area contributed by atoms with Crippen LogP contribution in [0.15, 0.2) is 15.9 Å². The van der Waals surface area contributed by atoms with Crippen molar-refractivity contribution < 1.29 is 5.11 Å². The second kappa shape index (κ2) is 16.5. The van der Waals surface area contributed by atoms with Gasteiger partial charge in [0, 0.05) is 4.90 Å². The number of aryl methyl sites for hydroxylation is 1. The number of hydrogen-bond acceptors (Lipinski definition) is 3. The van der Waals surface area contributed by atoms with E-state index in [1.807, 2.05) is 23.5 Å². The molecule has 0 amide bonds. The van der Waals surface area contributed by atoms with Crippen LogP contribution in [0.2, 0.25) is 0 Å². The Labute approximate surface area is 183 Å². The first-order chi connectivity index (χ1) is 13.7. The summed E-state index contributed by atoms with van der Waals surface area (Å²) in [4.78, 5) is 2.52. The average Bonchev–Trinajstić information content (AvgIpc) is 2.70. The van der Waals surface area contributed by atoms with Crippen molar-refractivity contribution in [3.63, 3.8) is 0 Å². The number of phenols is 1. The molecule has 1 aromatic carbocycles. The zero-order valence-electron chi connectivity index (χ0n) is 18.9. The van der Waals surface area contributed by atoms with Gasteiger partial charge >= 0.3 is 0 Å². The van der Waals surface area contributed by atoms with Gasteiger partial charge in [-0.1, -0.05) is 85.0 Å². The van der Waals surface area contributed by atoms with E-state index in [0.29, 0.717) is 5.75 Å². The fraction of sp³-hybridized carbons (Fsp3) is 0.760. The van der Waals surface area contributed by atoms with Crippen LogP contribution in [-0.4, -0.2) is 16.6 Å². The number of rotatable bonds is 17. The molecule has 1 N–H and O–H groups in total. The molecule has 0 saturated carbocycles. The van der Waals surface area contributed by atoms with Crippen molar-refractivity contribution in [2.75, 3.05) is 11.5 Å². The smallest absolute Gasteiger partial charge is 0.132 e. The van der Waals surface area contributed by atoms with Gasteiger partial charge in [0.25, 0.3) is 0 Å². The van der Waals surface area contributed by atoms with E-state index in [4.69, 9.17) is 0 Å². The van der Waals surface area contributed by atoms with Gasteiger partial charge in [0.15, 0.2) is 0 Å². The summed E-state index contributed by atoms with van der Waals surface area (Å²) in [5.74, 6) is 2.86. The number of hydrogen-bond donors (Lipinski definition) is 1. The first kappa shape index (κ1) is 25.8. The molecule has 0 atom stereocenters.